The van der Waals surface area contributed by atoms with Gasteiger partial charge in [-0.1, -0.05) is 40.0 Å². The van der Waals surface area contributed by atoms with Crippen LogP contribution in [0.1, 0.15) is 58.1 Å². The third-order valence-corrected chi connectivity index (χ3v) is 2.62. The Hall–Kier alpha value is -1.12. The summed E-state index contributed by atoms with van der Waals surface area (Å²) in [4.78, 5) is 8.46. The monoisotopic (exact) mass is 221 g/mol. The zero-order valence-electron chi connectivity index (χ0n) is 10.7. The molecular formula is C13H23N3. The smallest absolute Gasteiger partial charge is 0.129 e. The summed E-state index contributed by atoms with van der Waals surface area (Å²) < 4.78 is 0. The summed E-state index contributed by atoms with van der Waals surface area (Å²) in [6.07, 6.45) is 6.76. The van der Waals surface area contributed by atoms with Gasteiger partial charge in [0.15, 0.2) is 0 Å². The number of nitrogens with zero attached hydrogens (tertiary/aromatic N) is 2. The summed E-state index contributed by atoms with van der Waals surface area (Å²) in [6.45, 7) is 7.53. The van der Waals surface area contributed by atoms with Crippen molar-refractivity contribution < 1.29 is 0 Å². The van der Waals surface area contributed by atoms with Crippen LogP contribution in [0.2, 0.25) is 0 Å². The minimum atomic E-state index is 0.462. The van der Waals surface area contributed by atoms with Gasteiger partial charge in [0.1, 0.15) is 12.1 Å². The third-order valence-electron chi connectivity index (χ3n) is 2.62. The van der Waals surface area contributed by atoms with Crippen LogP contribution >= 0.6 is 0 Å². The van der Waals surface area contributed by atoms with E-state index in [9.17, 15) is 0 Å². The number of hydrogen-bond acceptors (Lipinski definition) is 3. The SMILES string of the molecule is CCCCCCNc1cc(C(C)C)ncn1. The summed E-state index contributed by atoms with van der Waals surface area (Å²) >= 11 is 0. The van der Waals surface area contributed by atoms with Crippen LogP contribution in [0.15, 0.2) is 12.4 Å². The lowest BCUT2D eigenvalue weighted by Gasteiger charge is -2.08. The first-order valence-corrected chi connectivity index (χ1v) is 6.29. The molecule has 0 aliphatic heterocycles. The third kappa shape index (κ3) is 4.60. The second kappa shape index (κ2) is 7.20. The Labute approximate surface area is 98.7 Å². The molecule has 0 unspecified atom stereocenters. The molecular weight excluding hydrogens is 198 g/mol. The van der Waals surface area contributed by atoms with Crippen LogP contribution in [-0.2, 0) is 0 Å². The molecule has 1 aromatic rings. The molecule has 0 aliphatic rings. The van der Waals surface area contributed by atoms with Crippen molar-refractivity contribution in [2.75, 3.05) is 11.9 Å². The molecule has 16 heavy (non-hydrogen) atoms. The van der Waals surface area contributed by atoms with Gasteiger partial charge in [-0.3, -0.25) is 0 Å². The van der Waals surface area contributed by atoms with Crippen LogP contribution in [0.25, 0.3) is 0 Å². The van der Waals surface area contributed by atoms with Crippen molar-refractivity contribution in [1.29, 1.82) is 0 Å². The van der Waals surface area contributed by atoms with E-state index in [1.165, 1.54) is 25.7 Å². The number of anilines is 1. The molecule has 0 spiro atoms. The molecule has 0 bridgehead atoms. The summed E-state index contributed by atoms with van der Waals surface area (Å²) in [7, 11) is 0. The highest BCUT2D eigenvalue weighted by Gasteiger charge is 2.02. The number of rotatable bonds is 7. The van der Waals surface area contributed by atoms with Gasteiger partial charge < -0.3 is 5.32 Å². The Morgan fingerprint density at radius 1 is 1.19 bits per heavy atom. The lowest BCUT2D eigenvalue weighted by atomic mass is 10.1. The van der Waals surface area contributed by atoms with Gasteiger partial charge in [0, 0.05) is 18.3 Å². The van der Waals surface area contributed by atoms with E-state index in [2.05, 4.69) is 36.1 Å². The van der Waals surface area contributed by atoms with Gasteiger partial charge in [-0.05, 0) is 12.3 Å². The Kier molecular flexibility index (Phi) is 5.83. The molecule has 0 aromatic carbocycles. The fraction of sp³-hybridized carbons (Fsp3) is 0.692. The maximum atomic E-state index is 4.25. The van der Waals surface area contributed by atoms with E-state index >= 15 is 0 Å². The van der Waals surface area contributed by atoms with E-state index in [0.29, 0.717) is 5.92 Å². The van der Waals surface area contributed by atoms with Gasteiger partial charge in [-0.15, -0.1) is 0 Å². The first-order chi connectivity index (χ1) is 7.74. The quantitative estimate of drug-likeness (QED) is 0.715. The average Bonchev–Trinajstić information content (AvgIpc) is 2.29. The van der Waals surface area contributed by atoms with E-state index in [1.54, 1.807) is 6.33 Å². The normalized spacial score (nSPS) is 10.8. The summed E-state index contributed by atoms with van der Waals surface area (Å²) in [5.74, 6) is 1.42. The van der Waals surface area contributed by atoms with Crippen LogP contribution < -0.4 is 5.32 Å². The Balaban J connectivity index is 2.33. The molecule has 0 amide bonds. The first-order valence-electron chi connectivity index (χ1n) is 6.29. The van der Waals surface area contributed by atoms with E-state index in [-0.39, 0.29) is 0 Å². The van der Waals surface area contributed by atoms with Crippen molar-refractivity contribution in [2.45, 2.75) is 52.4 Å². The highest BCUT2D eigenvalue weighted by molar-refractivity contribution is 5.35. The van der Waals surface area contributed by atoms with Gasteiger partial charge in [0.25, 0.3) is 0 Å². The molecule has 0 fully saturated rings. The topological polar surface area (TPSA) is 37.8 Å². The highest BCUT2D eigenvalue weighted by atomic mass is 15.0. The Morgan fingerprint density at radius 3 is 2.69 bits per heavy atom. The van der Waals surface area contributed by atoms with Gasteiger partial charge in [-0.25, -0.2) is 9.97 Å². The number of hydrogen-bond donors (Lipinski definition) is 1. The molecule has 1 heterocycles. The van der Waals surface area contributed by atoms with Crippen molar-refractivity contribution in [2.24, 2.45) is 0 Å². The number of unbranched alkanes of at least 4 members (excludes halogenated alkanes) is 3. The minimum absolute atomic E-state index is 0.462. The van der Waals surface area contributed by atoms with Crippen LogP contribution in [-0.4, -0.2) is 16.5 Å². The van der Waals surface area contributed by atoms with Crippen molar-refractivity contribution in [3.05, 3.63) is 18.1 Å². The molecule has 0 atom stereocenters. The molecule has 1 aromatic heterocycles. The van der Waals surface area contributed by atoms with Crippen LogP contribution in [0.5, 0.6) is 0 Å². The standard InChI is InChI=1S/C13H23N3/c1-4-5-6-7-8-14-13-9-12(11(2)3)15-10-16-13/h9-11H,4-8H2,1-3H3,(H,14,15,16). The van der Waals surface area contributed by atoms with E-state index in [4.69, 9.17) is 0 Å². The molecule has 0 saturated carbocycles. The molecule has 0 aliphatic carbocycles. The maximum absolute atomic E-state index is 4.25. The van der Waals surface area contributed by atoms with Crippen molar-refractivity contribution in [3.63, 3.8) is 0 Å². The zero-order valence-corrected chi connectivity index (χ0v) is 10.7. The van der Waals surface area contributed by atoms with Crippen LogP contribution in [0.4, 0.5) is 5.82 Å². The van der Waals surface area contributed by atoms with Gasteiger partial charge in [0.05, 0.1) is 0 Å². The van der Waals surface area contributed by atoms with Crippen molar-refractivity contribution in [1.82, 2.24) is 9.97 Å². The molecule has 1 rings (SSSR count). The Bertz CT molecular complexity index is 297. The van der Waals surface area contributed by atoms with Crippen molar-refractivity contribution >= 4 is 5.82 Å². The number of aromatic nitrogens is 2. The molecule has 0 saturated heterocycles. The molecule has 1 N–H and O–H groups in total. The second-order valence-electron chi connectivity index (χ2n) is 4.47. The maximum Gasteiger partial charge on any atom is 0.129 e. The summed E-state index contributed by atoms with van der Waals surface area (Å²) in [5, 5.41) is 3.35. The average molecular weight is 221 g/mol. The van der Waals surface area contributed by atoms with Crippen LogP contribution in [0.3, 0.4) is 0 Å². The van der Waals surface area contributed by atoms with E-state index in [0.717, 1.165) is 18.1 Å². The largest absolute Gasteiger partial charge is 0.370 e. The molecule has 3 nitrogen and oxygen atoms in total. The van der Waals surface area contributed by atoms with Gasteiger partial charge in [-0.2, -0.15) is 0 Å². The summed E-state index contributed by atoms with van der Waals surface area (Å²) in [5.41, 5.74) is 1.10. The predicted octanol–water partition coefficient (Wildman–Crippen LogP) is 3.59. The molecule has 3 heteroatoms. The lowest BCUT2D eigenvalue weighted by molar-refractivity contribution is 0.684. The predicted molar refractivity (Wildman–Crippen MR) is 68.8 cm³/mol. The molecule has 90 valence electrons. The van der Waals surface area contributed by atoms with E-state index in [1.807, 2.05) is 6.07 Å². The number of nitrogens with one attached hydrogen (secondary N) is 1. The van der Waals surface area contributed by atoms with Gasteiger partial charge >= 0.3 is 0 Å². The van der Waals surface area contributed by atoms with Crippen molar-refractivity contribution in [3.8, 4) is 0 Å². The lowest BCUT2D eigenvalue weighted by Crippen LogP contribution is -2.05. The van der Waals surface area contributed by atoms with E-state index < -0.39 is 0 Å². The molecule has 0 radical (unpaired) electrons. The Morgan fingerprint density at radius 2 is 2.00 bits per heavy atom. The van der Waals surface area contributed by atoms with Crippen LogP contribution in [0, 0.1) is 0 Å². The minimum Gasteiger partial charge on any atom is -0.370 e. The fourth-order valence-corrected chi connectivity index (χ4v) is 1.55. The second-order valence-corrected chi connectivity index (χ2v) is 4.47. The van der Waals surface area contributed by atoms with Gasteiger partial charge in [0.2, 0.25) is 0 Å². The first kappa shape index (κ1) is 12.9. The fourth-order valence-electron chi connectivity index (χ4n) is 1.55. The highest BCUT2D eigenvalue weighted by Crippen LogP contribution is 2.13. The summed E-state index contributed by atoms with van der Waals surface area (Å²) in [6, 6.07) is 2.05. The zero-order chi connectivity index (χ0) is 11.8.